The van der Waals surface area contributed by atoms with Crippen LogP contribution in [-0.2, 0) is 10.0 Å². The average Bonchev–Trinajstić information content (AvgIpc) is 2.08. The normalized spacial score (nSPS) is 11.5. The molecule has 0 atom stereocenters. The molecule has 1 rings (SSSR count). The minimum Gasteiger partial charge on any atom is -0.278 e. The molecule has 1 N–H and O–H groups in total. The minimum absolute atomic E-state index is 0.572. The number of hydrogen-bond donors (Lipinski definition) is 1. The molecule has 0 aromatic carbocycles. The molecular formula is C6H4F4N2O2S. The number of anilines is 1. The Labute approximate surface area is 82.0 Å². The lowest BCUT2D eigenvalue weighted by atomic mass is 10.4. The third-order valence-electron chi connectivity index (χ3n) is 1.28. The number of nitrogens with one attached hydrogen (secondary N) is 1. The third-order valence-corrected chi connectivity index (χ3v) is 1.86. The van der Waals surface area contributed by atoms with Gasteiger partial charge < -0.3 is 0 Å². The van der Waals surface area contributed by atoms with Crippen molar-refractivity contribution in [2.75, 3.05) is 11.0 Å². The van der Waals surface area contributed by atoms with Crippen molar-refractivity contribution in [1.29, 1.82) is 0 Å². The van der Waals surface area contributed by atoms with Crippen LogP contribution in [0.1, 0.15) is 0 Å². The van der Waals surface area contributed by atoms with Crippen LogP contribution in [0.15, 0.2) is 0 Å². The summed E-state index contributed by atoms with van der Waals surface area (Å²) in [5.41, 5.74) is -1.43. The molecule has 0 aliphatic heterocycles. The average molecular weight is 244 g/mol. The fraction of sp³-hybridized carbons (Fsp3) is 0.167. The molecule has 0 aliphatic rings. The van der Waals surface area contributed by atoms with E-state index in [2.05, 4.69) is 4.98 Å². The Balaban J connectivity index is 3.40. The zero-order valence-electron chi connectivity index (χ0n) is 7.18. The Hall–Kier alpha value is -1.38. The van der Waals surface area contributed by atoms with E-state index in [-0.39, 0.29) is 0 Å². The van der Waals surface area contributed by atoms with E-state index < -0.39 is 39.2 Å². The summed E-state index contributed by atoms with van der Waals surface area (Å²) in [6.07, 6.45) is 0.572. The van der Waals surface area contributed by atoms with Crippen LogP contribution in [0.25, 0.3) is 0 Å². The van der Waals surface area contributed by atoms with E-state index in [0.29, 0.717) is 6.26 Å². The summed E-state index contributed by atoms with van der Waals surface area (Å²) in [4.78, 5) is 2.25. The van der Waals surface area contributed by atoms with Gasteiger partial charge in [0.15, 0.2) is 0 Å². The van der Waals surface area contributed by atoms with Gasteiger partial charge in [-0.25, -0.2) is 8.42 Å². The molecule has 0 radical (unpaired) electrons. The van der Waals surface area contributed by atoms with Crippen molar-refractivity contribution in [2.24, 2.45) is 0 Å². The second-order valence-corrected chi connectivity index (χ2v) is 4.32. The highest BCUT2D eigenvalue weighted by Gasteiger charge is 2.22. The molecule has 0 saturated carbocycles. The van der Waals surface area contributed by atoms with Gasteiger partial charge in [0, 0.05) is 0 Å². The fourth-order valence-electron chi connectivity index (χ4n) is 0.762. The summed E-state index contributed by atoms with van der Waals surface area (Å²) in [5.74, 6) is -7.67. The smallest absolute Gasteiger partial charge is 0.253 e. The standard InChI is InChI=1S/C6H4F4N2O2S/c1-15(13,14)12-4-2(7)5(9)11-6(10)3(4)8/h1H3,(H,11,12). The van der Waals surface area contributed by atoms with Gasteiger partial charge in [-0.3, -0.25) is 4.72 Å². The molecule has 1 aromatic heterocycles. The van der Waals surface area contributed by atoms with Crippen LogP contribution >= 0.6 is 0 Å². The molecule has 0 fully saturated rings. The molecule has 9 heteroatoms. The van der Waals surface area contributed by atoms with Crippen molar-refractivity contribution < 1.29 is 26.0 Å². The summed E-state index contributed by atoms with van der Waals surface area (Å²) in [6.45, 7) is 0. The maximum Gasteiger partial charge on any atom is 0.253 e. The van der Waals surface area contributed by atoms with Crippen LogP contribution in [-0.4, -0.2) is 19.7 Å². The van der Waals surface area contributed by atoms with Crippen LogP contribution < -0.4 is 4.72 Å². The minimum atomic E-state index is -4.05. The first-order valence-corrected chi connectivity index (χ1v) is 5.29. The third kappa shape index (κ3) is 2.55. The van der Waals surface area contributed by atoms with Gasteiger partial charge in [-0.15, -0.1) is 0 Å². The van der Waals surface area contributed by atoms with E-state index in [4.69, 9.17) is 0 Å². The Morgan fingerprint density at radius 1 is 1.07 bits per heavy atom. The molecule has 84 valence electrons. The van der Waals surface area contributed by atoms with Crippen molar-refractivity contribution in [1.82, 2.24) is 4.98 Å². The second kappa shape index (κ2) is 3.65. The van der Waals surface area contributed by atoms with E-state index >= 15 is 0 Å². The lowest BCUT2D eigenvalue weighted by Gasteiger charge is -2.06. The lowest BCUT2D eigenvalue weighted by molar-refractivity contribution is 0.411. The van der Waals surface area contributed by atoms with Crippen molar-refractivity contribution in [3.8, 4) is 0 Å². The first-order chi connectivity index (χ1) is 6.72. The highest BCUT2D eigenvalue weighted by Crippen LogP contribution is 2.22. The Bertz CT molecular complexity index is 476. The van der Waals surface area contributed by atoms with Gasteiger partial charge in [0.1, 0.15) is 5.69 Å². The fourth-order valence-corrected chi connectivity index (χ4v) is 1.31. The number of halogens is 4. The predicted octanol–water partition coefficient (Wildman–Crippen LogP) is 1.01. The summed E-state index contributed by atoms with van der Waals surface area (Å²) < 4.78 is 73.1. The number of nitrogens with zero attached hydrogens (tertiary/aromatic N) is 1. The van der Waals surface area contributed by atoms with Crippen molar-refractivity contribution in [3.63, 3.8) is 0 Å². The molecule has 1 aromatic rings. The molecular weight excluding hydrogens is 240 g/mol. The van der Waals surface area contributed by atoms with E-state index in [9.17, 15) is 26.0 Å². The Kier molecular flexibility index (Phi) is 2.84. The van der Waals surface area contributed by atoms with Gasteiger partial charge in [-0.1, -0.05) is 0 Å². The topological polar surface area (TPSA) is 59.1 Å². The first kappa shape index (κ1) is 11.7. The van der Waals surface area contributed by atoms with E-state index in [0.717, 1.165) is 0 Å². The van der Waals surface area contributed by atoms with Crippen molar-refractivity contribution in [3.05, 3.63) is 23.5 Å². The van der Waals surface area contributed by atoms with Gasteiger partial charge in [0.25, 0.3) is 11.9 Å². The molecule has 0 unspecified atom stereocenters. The summed E-state index contributed by atoms with van der Waals surface area (Å²) in [5, 5.41) is 0. The molecule has 0 amide bonds. The number of rotatable bonds is 2. The maximum atomic E-state index is 12.8. The summed E-state index contributed by atoms with van der Waals surface area (Å²) >= 11 is 0. The van der Waals surface area contributed by atoms with E-state index in [1.165, 1.54) is 4.72 Å². The first-order valence-electron chi connectivity index (χ1n) is 3.40. The number of pyridine rings is 1. The van der Waals surface area contributed by atoms with Gasteiger partial charge in [0.05, 0.1) is 6.26 Å². The van der Waals surface area contributed by atoms with Crippen LogP contribution in [0.5, 0.6) is 0 Å². The molecule has 1 heterocycles. The second-order valence-electron chi connectivity index (χ2n) is 2.57. The lowest BCUT2D eigenvalue weighted by Crippen LogP contribution is -2.15. The van der Waals surface area contributed by atoms with Crippen LogP contribution in [0.4, 0.5) is 23.2 Å². The SMILES string of the molecule is CS(=O)(=O)Nc1c(F)c(F)nc(F)c1F. The predicted molar refractivity (Wildman–Crippen MR) is 42.5 cm³/mol. The largest absolute Gasteiger partial charge is 0.278 e. The van der Waals surface area contributed by atoms with Gasteiger partial charge in [0.2, 0.25) is 21.7 Å². The molecule has 0 spiro atoms. The van der Waals surface area contributed by atoms with E-state index in [1.54, 1.807) is 0 Å². The molecule has 0 bridgehead atoms. The molecule has 4 nitrogen and oxygen atoms in total. The highest BCUT2D eigenvalue weighted by atomic mass is 32.2. The van der Waals surface area contributed by atoms with Gasteiger partial charge >= 0.3 is 0 Å². The van der Waals surface area contributed by atoms with E-state index in [1.807, 2.05) is 0 Å². The highest BCUT2D eigenvalue weighted by molar-refractivity contribution is 7.92. The van der Waals surface area contributed by atoms with Crippen LogP contribution in [0.2, 0.25) is 0 Å². The van der Waals surface area contributed by atoms with Crippen LogP contribution in [0.3, 0.4) is 0 Å². The zero-order valence-corrected chi connectivity index (χ0v) is 8.00. The Morgan fingerprint density at radius 2 is 1.47 bits per heavy atom. The number of hydrogen-bond acceptors (Lipinski definition) is 3. The molecule has 0 aliphatic carbocycles. The number of aromatic nitrogens is 1. The zero-order chi connectivity index (χ0) is 11.8. The monoisotopic (exact) mass is 244 g/mol. The molecule has 0 saturated heterocycles. The summed E-state index contributed by atoms with van der Waals surface area (Å²) in [7, 11) is -4.05. The van der Waals surface area contributed by atoms with Gasteiger partial charge in [-0.2, -0.15) is 22.5 Å². The quantitative estimate of drug-likeness (QED) is 0.624. The number of sulfonamides is 1. The van der Waals surface area contributed by atoms with Gasteiger partial charge in [-0.05, 0) is 0 Å². The van der Waals surface area contributed by atoms with Crippen molar-refractivity contribution >= 4 is 15.7 Å². The maximum absolute atomic E-state index is 12.8. The molecule has 15 heavy (non-hydrogen) atoms. The van der Waals surface area contributed by atoms with Crippen LogP contribution in [0, 0.1) is 23.5 Å². The van der Waals surface area contributed by atoms with Crippen molar-refractivity contribution in [2.45, 2.75) is 0 Å². The summed E-state index contributed by atoms with van der Waals surface area (Å²) in [6, 6.07) is 0. The Morgan fingerprint density at radius 3 is 1.80 bits per heavy atom.